The average Bonchev–Trinajstić information content (AvgIpc) is 2.44. The van der Waals surface area contributed by atoms with Gasteiger partial charge in [-0.2, -0.15) is 0 Å². The number of hydrogen-bond donors (Lipinski definition) is 0. The predicted molar refractivity (Wildman–Crippen MR) is 74.6 cm³/mol. The van der Waals surface area contributed by atoms with Gasteiger partial charge in [-0.25, -0.2) is 0 Å². The van der Waals surface area contributed by atoms with Gasteiger partial charge in [-0.3, -0.25) is 0 Å². The van der Waals surface area contributed by atoms with Gasteiger partial charge in [0, 0.05) is 0 Å². The van der Waals surface area contributed by atoms with Gasteiger partial charge in [0.1, 0.15) is 0 Å². The van der Waals surface area contributed by atoms with Gasteiger partial charge < -0.3 is 0 Å². The Bertz CT molecular complexity index is 804. The first-order valence-corrected chi connectivity index (χ1v) is 6.63. The molecule has 0 fully saturated rings. The van der Waals surface area contributed by atoms with Gasteiger partial charge in [-0.05, 0) is 0 Å². The van der Waals surface area contributed by atoms with Crippen LogP contribution in [0, 0.1) is 0 Å². The van der Waals surface area contributed by atoms with Crippen molar-refractivity contribution in [3.8, 4) is 0 Å². The molecule has 19 heavy (non-hydrogen) atoms. The molecule has 1 heterocycles. The number of aromatic nitrogens is 1. The normalized spacial score (nSPS) is 10.8. The summed E-state index contributed by atoms with van der Waals surface area (Å²) in [6.07, 6.45) is 0. The van der Waals surface area contributed by atoms with E-state index in [1.165, 1.54) is 0 Å². The van der Waals surface area contributed by atoms with Crippen molar-refractivity contribution in [3.63, 3.8) is 0 Å². The predicted octanol–water partition coefficient (Wildman–Crippen LogP) is 0.841. The number of nitrogens with one attached hydrogen (secondary N) is 1. The maximum absolute atomic E-state index is 12.0. The van der Waals surface area contributed by atoms with E-state index in [-0.39, 0.29) is 0 Å². The summed E-state index contributed by atoms with van der Waals surface area (Å²) in [6.45, 7) is 0. The first kappa shape index (κ1) is 12.2. The van der Waals surface area contributed by atoms with Gasteiger partial charge in [0.2, 0.25) is 0 Å². The van der Waals surface area contributed by atoms with Crippen LogP contribution in [0.25, 0.3) is 21.8 Å². The number of H-pyrrole nitrogens is 1. The summed E-state index contributed by atoms with van der Waals surface area (Å²) >= 11 is 2.46. The molecule has 2 aromatic carbocycles. The third-order valence-corrected chi connectivity index (χ3v) is 3.85. The fraction of sp³-hybridized carbons (Fsp3) is 0. The molecule has 0 saturated carbocycles. The Labute approximate surface area is 119 Å². The van der Waals surface area contributed by atoms with Crippen LogP contribution in [0.5, 0.6) is 0 Å². The van der Waals surface area contributed by atoms with Crippen molar-refractivity contribution in [1.82, 2.24) is 0 Å². The van der Waals surface area contributed by atoms with E-state index in [9.17, 15) is 4.79 Å². The molecule has 0 bridgehead atoms. The van der Waals surface area contributed by atoms with Crippen LogP contribution in [0.2, 0.25) is 0 Å². The van der Waals surface area contributed by atoms with Crippen LogP contribution in [0.1, 0.15) is 10.4 Å². The zero-order valence-electron chi connectivity index (χ0n) is 9.88. The molecule has 0 spiro atoms. The Morgan fingerprint density at radius 1 is 1.11 bits per heavy atom. The summed E-state index contributed by atoms with van der Waals surface area (Å²) in [5, 5.41) is 1.61. The molecule has 0 aliphatic rings. The summed E-state index contributed by atoms with van der Waals surface area (Å²) in [6, 6.07) is 13.4. The number of para-hydroxylation sites is 1. The molecule has 1 aromatic heterocycles. The van der Waals surface area contributed by atoms with E-state index in [1.54, 1.807) is 0 Å². The molecule has 3 rings (SSSR count). The number of pyridine rings is 1. The standard InChI is InChI=1S/C14H7AsBNO2/c15-9-5-3-7-11-13(9)12(14(18)19-16)8-4-1-2-6-10(8)17-11/h1-7H/p+1. The van der Waals surface area contributed by atoms with Gasteiger partial charge in [-0.1, -0.05) is 0 Å². The summed E-state index contributed by atoms with van der Waals surface area (Å²) < 4.78 is 5.39. The monoisotopic (exact) mass is 308 g/mol. The van der Waals surface area contributed by atoms with E-state index >= 15 is 0 Å². The number of aromatic amines is 1. The minimum absolute atomic E-state index is 0.489. The molecule has 88 valence electrons. The maximum atomic E-state index is 12.0. The fourth-order valence-corrected chi connectivity index (χ4v) is 2.94. The van der Waals surface area contributed by atoms with Gasteiger partial charge >= 0.3 is 119 Å². The van der Waals surface area contributed by atoms with Crippen molar-refractivity contribution in [2.45, 2.75) is 0 Å². The van der Waals surface area contributed by atoms with Gasteiger partial charge in [0.15, 0.2) is 0 Å². The minimum atomic E-state index is -0.534. The third-order valence-electron chi connectivity index (χ3n) is 3.07. The van der Waals surface area contributed by atoms with E-state index in [0.717, 1.165) is 26.2 Å². The van der Waals surface area contributed by atoms with E-state index in [4.69, 9.17) is 8.05 Å². The van der Waals surface area contributed by atoms with E-state index < -0.39 is 5.97 Å². The molecular weight excluding hydrogens is 300 g/mol. The van der Waals surface area contributed by atoms with Crippen LogP contribution < -0.4 is 9.34 Å². The first-order chi connectivity index (χ1) is 9.22. The number of hydrogen-bond acceptors (Lipinski definition) is 2. The van der Waals surface area contributed by atoms with Crippen LogP contribution in [0.4, 0.5) is 0 Å². The Morgan fingerprint density at radius 3 is 2.63 bits per heavy atom. The van der Waals surface area contributed by atoms with Crippen LogP contribution in [0.3, 0.4) is 0 Å². The van der Waals surface area contributed by atoms with Gasteiger partial charge in [0.25, 0.3) is 0 Å². The van der Waals surface area contributed by atoms with Crippen molar-refractivity contribution in [2.24, 2.45) is 0 Å². The quantitative estimate of drug-likeness (QED) is 0.494. The zero-order chi connectivity index (χ0) is 13.4. The second kappa shape index (κ2) is 4.71. The first-order valence-electron chi connectivity index (χ1n) is 5.69. The SMILES string of the molecule is [B]OC(=O)c1c2ccccc2[nH+]c2cccc([As])c12. The number of fused-ring (bicyclic) bond motifs is 2. The van der Waals surface area contributed by atoms with Gasteiger partial charge in [-0.15, -0.1) is 0 Å². The third kappa shape index (κ3) is 1.93. The van der Waals surface area contributed by atoms with E-state index in [1.807, 2.05) is 42.5 Å². The summed E-state index contributed by atoms with van der Waals surface area (Å²) in [5.74, 6) is -0.534. The zero-order valence-corrected chi connectivity index (χ0v) is 11.8. The number of rotatable bonds is 1. The Kier molecular flexibility index (Phi) is 3.04. The van der Waals surface area contributed by atoms with E-state index in [0.29, 0.717) is 5.56 Å². The summed E-state index contributed by atoms with van der Waals surface area (Å²) in [4.78, 5) is 15.3. The molecule has 0 amide bonds. The van der Waals surface area contributed by atoms with E-state index in [2.05, 4.69) is 26.5 Å². The van der Waals surface area contributed by atoms with Crippen molar-refractivity contribution in [1.29, 1.82) is 0 Å². The molecule has 0 unspecified atom stereocenters. The topological polar surface area (TPSA) is 40.4 Å². The van der Waals surface area contributed by atoms with Crippen molar-refractivity contribution in [2.75, 3.05) is 0 Å². The van der Waals surface area contributed by atoms with Crippen LogP contribution >= 0.6 is 0 Å². The molecular formula is C14H8AsBNO2+. The molecule has 5 heteroatoms. The van der Waals surface area contributed by atoms with Crippen molar-refractivity contribution < 1.29 is 14.4 Å². The number of carbonyl (C=O) groups excluding carboxylic acids is 1. The number of carbonyl (C=O) groups is 1. The molecule has 0 saturated heterocycles. The second-order valence-electron chi connectivity index (χ2n) is 4.15. The average molecular weight is 308 g/mol. The van der Waals surface area contributed by atoms with Crippen molar-refractivity contribution >= 4 is 57.0 Å². The van der Waals surface area contributed by atoms with Crippen LogP contribution in [0.15, 0.2) is 42.5 Å². The van der Waals surface area contributed by atoms with Crippen LogP contribution in [-0.2, 0) is 4.65 Å². The molecule has 1 N–H and O–H groups in total. The molecule has 3 nitrogen and oxygen atoms in total. The molecule has 0 aliphatic heterocycles. The Morgan fingerprint density at radius 2 is 1.84 bits per heavy atom. The van der Waals surface area contributed by atoms with Crippen LogP contribution in [-0.4, -0.2) is 30.9 Å². The molecule has 0 atom stereocenters. The summed E-state index contributed by atoms with van der Waals surface area (Å²) in [5.41, 5.74) is 2.23. The Hall–Kier alpha value is -1.80. The Balaban J connectivity index is 2.58. The number of benzene rings is 2. The second-order valence-corrected chi connectivity index (χ2v) is 5.16. The molecule has 0 aliphatic carbocycles. The fourth-order valence-electron chi connectivity index (χ4n) is 2.27. The molecule has 3 aromatic rings. The van der Waals surface area contributed by atoms with Gasteiger partial charge in [0.05, 0.1) is 0 Å². The van der Waals surface area contributed by atoms with Crippen molar-refractivity contribution in [3.05, 3.63) is 48.0 Å². The summed E-state index contributed by atoms with van der Waals surface area (Å²) in [7, 11) is 5.07. The molecule has 4 radical (unpaired) electrons.